The van der Waals surface area contributed by atoms with E-state index in [1.165, 1.54) is 0 Å². The van der Waals surface area contributed by atoms with Crippen molar-refractivity contribution in [2.24, 2.45) is 17.8 Å². The predicted octanol–water partition coefficient (Wildman–Crippen LogP) is 3.63. The van der Waals surface area contributed by atoms with Crippen LogP contribution in [0.5, 0.6) is 0 Å². The lowest BCUT2D eigenvalue weighted by Gasteiger charge is -2.35. The van der Waals surface area contributed by atoms with Gasteiger partial charge in [-0.2, -0.15) is 0 Å². The number of anilines is 1. The summed E-state index contributed by atoms with van der Waals surface area (Å²) in [6, 6.07) is 6.87. The van der Waals surface area contributed by atoms with Crippen LogP contribution in [0.15, 0.2) is 18.2 Å². The summed E-state index contributed by atoms with van der Waals surface area (Å²) in [5.41, 5.74) is 2.30. The minimum absolute atomic E-state index is 0.114. The van der Waals surface area contributed by atoms with Crippen LogP contribution in [0, 0.1) is 17.8 Å². The molecule has 4 rings (SSSR count). The first kappa shape index (κ1) is 20.8. The van der Waals surface area contributed by atoms with E-state index in [-0.39, 0.29) is 6.04 Å². The van der Waals surface area contributed by atoms with Crippen molar-refractivity contribution in [2.75, 3.05) is 44.3 Å². The van der Waals surface area contributed by atoms with Crippen molar-refractivity contribution < 1.29 is 14.6 Å². The number of hydrogen-bond acceptors (Lipinski definition) is 4. The molecule has 3 saturated heterocycles. The van der Waals surface area contributed by atoms with Crippen LogP contribution in [0.1, 0.15) is 26.3 Å². The normalized spacial score (nSPS) is 30.2. The van der Waals surface area contributed by atoms with E-state index in [9.17, 15) is 9.90 Å². The summed E-state index contributed by atoms with van der Waals surface area (Å²) >= 11 is 6.67. The molecule has 4 unspecified atom stereocenters. The summed E-state index contributed by atoms with van der Waals surface area (Å²) in [6.07, 6.45) is -0.777. The van der Waals surface area contributed by atoms with Gasteiger partial charge in [-0.25, -0.2) is 4.79 Å². The Morgan fingerprint density at radius 3 is 2.76 bits per heavy atom. The van der Waals surface area contributed by atoms with Gasteiger partial charge in [0, 0.05) is 55.5 Å². The van der Waals surface area contributed by atoms with E-state index in [0.29, 0.717) is 30.3 Å². The third-order valence-electron chi connectivity index (χ3n) is 6.86. The second kappa shape index (κ2) is 8.32. The molecule has 4 atom stereocenters. The molecule has 3 heterocycles. The molecule has 6 nitrogen and oxygen atoms in total. The molecular weight excluding hydrogens is 390 g/mol. The zero-order valence-corrected chi connectivity index (χ0v) is 18.3. The van der Waals surface area contributed by atoms with E-state index in [2.05, 4.69) is 48.8 Å². The quantitative estimate of drug-likeness (QED) is 0.804. The van der Waals surface area contributed by atoms with Crippen molar-refractivity contribution in [1.82, 2.24) is 9.80 Å². The highest BCUT2D eigenvalue weighted by Crippen LogP contribution is 2.40. The van der Waals surface area contributed by atoms with Gasteiger partial charge in [0.25, 0.3) is 0 Å². The van der Waals surface area contributed by atoms with Gasteiger partial charge in [-0.15, -0.1) is 0 Å². The van der Waals surface area contributed by atoms with Crippen molar-refractivity contribution in [3.8, 4) is 0 Å². The van der Waals surface area contributed by atoms with Gasteiger partial charge >= 0.3 is 6.09 Å². The van der Waals surface area contributed by atoms with Crippen molar-refractivity contribution >= 4 is 23.4 Å². The summed E-state index contributed by atoms with van der Waals surface area (Å²) in [7, 11) is 0. The van der Waals surface area contributed by atoms with Gasteiger partial charge in [0.1, 0.15) is 0 Å². The van der Waals surface area contributed by atoms with Gasteiger partial charge < -0.3 is 19.6 Å². The smallest absolute Gasteiger partial charge is 0.407 e. The highest BCUT2D eigenvalue weighted by Gasteiger charge is 2.49. The number of benzene rings is 1. The number of ether oxygens (including phenoxy) is 1. The van der Waals surface area contributed by atoms with E-state index in [1.54, 1.807) is 4.90 Å². The van der Waals surface area contributed by atoms with Crippen molar-refractivity contribution in [1.29, 1.82) is 0 Å². The molecule has 160 valence electrons. The Hall–Kier alpha value is -1.50. The zero-order chi connectivity index (χ0) is 20.7. The number of rotatable bonds is 4. The average molecular weight is 422 g/mol. The number of likely N-dealkylation sites (tertiary alicyclic amines) is 2. The molecule has 1 aromatic carbocycles. The van der Waals surface area contributed by atoms with Crippen molar-refractivity contribution in [3.05, 3.63) is 28.8 Å². The minimum atomic E-state index is -0.777. The topological polar surface area (TPSA) is 56.2 Å². The standard InChI is InChI=1S/C22H32ClN3O3/c1-14(2)21-19-12-24(10-17(19)11-26(21)22(27)28)9-16-4-5-18(8-20(16)23)25-6-7-29-13-15(25)3/h4-5,8,14-15,17,19,21H,6-7,9-13H2,1-3H3,(H,27,28). The number of carboxylic acid groups (broad SMARTS) is 1. The lowest BCUT2D eigenvalue weighted by atomic mass is 9.88. The molecule has 7 heteroatoms. The summed E-state index contributed by atoms with van der Waals surface area (Å²) in [4.78, 5) is 18.1. The number of halogens is 1. The molecule has 1 aromatic rings. The molecule has 3 aliphatic heterocycles. The Kier molecular flexibility index (Phi) is 5.96. The van der Waals surface area contributed by atoms with Gasteiger partial charge in [0.15, 0.2) is 0 Å². The molecular formula is C22H32ClN3O3. The maximum Gasteiger partial charge on any atom is 0.407 e. The highest BCUT2D eigenvalue weighted by molar-refractivity contribution is 6.31. The molecule has 3 fully saturated rings. The van der Waals surface area contributed by atoms with E-state index >= 15 is 0 Å². The maximum absolute atomic E-state index is 11.6. The fraction of sp³-hybridized carbons (Fsp3) is 0.682. The third kappa shape index (κ3) is 4.07. The van der Waals surface area contributed by atoms with E-state index in [0.717, 1.165) is 55.7 Å². The van der Waals surface area contributed by atoms with Crippen LogP contribution in [0.25, 0.3) is 0 Å². The van der Waals surface area contributed by atoms with Crippen molar-refractivity contribution in [3.63, 3.8) is 0 Å². The zero-order valence-electron chi connectivity index (χ0n) is 17.6. The summed E-state index contributed by atoms with van der Waals surface area (Å²) in [5, 5.41) is 10.4. The highest BCUT2D eigenvalue weighted by atomic mass is 35.5. The number of carbonyl (C=O) groups is 1. The molecule has 0 saturated carbocycles. The molecule has 1 amide bonds. The fourth-order valence-electron chi connectivity index (χ4n) is 5.56. The van der Waals surface area contributed by atoms with Gasteiger partial charge in [0.2, 0.25) is 0 Å². The Labute approximate surface area is 178 Å². The van der Waals surface area contributed by atoms with E-state index < -0.39 is 6.09 Å². The number of morpholine rings is 1. The van der Waals surface area contributed by atoms with Crippen LogP contribution in [0.4, 0.5) is 10.5 Å². The first-order valence-electron chi connectivity index (χ1n) is 10.7. The minimum Gasteiger partial charge on any atom is -0.465 e. The Morgan fingerprint density at radius 2 is 2.10 bits per heavy atom. The van der Waals surface area contributed by atoms with Gasteiger partial charge in [-0.1, -0.05) is 31.5 Å². The van der Waals surface area contributed by atoms with Gasteiger partial charge in [-0.3, -0.25) is 4.90 Å². The van der Waals surface area contributed by atoms with Crippen LogP contribution in [0.3, 0.4) is 0 Å². The Balaban J connectivity index is 1.43. The Bertz CT molecular complexity index is 759. The van der Waals surface area contributed by atoms with Crippen LogP contribution in [-0.4, -0.2) is 72.5 Å². The number of hydrogen-bond donors (Lipinski definition) is 1. The SMILES string of the molecule is CC(C)C1C2CN(Cc3ccc(N4CCOCC4C)cc3Cl)CC2CN1C(=O)O. The molecule has 0 bridgehead atoms. The molecule has 3 aliphatic rings. The van der Waals surface area contributed by atoms with E-state index in [4.69, 9.17) is 16.3 Å². The third-order valence-corrected chi connectivity index (χ3v) is 7.21. The maximum atomic E-state index is 11.6. The monoisotopic (exact) mass is 421 g/mol. The van der Waals surface area contributed by atoms with Crippen LogP contribution >= 0.6 is 11.6 Å². The number of amides is 1. The lowest BCUT2D eigenvalue weighted by Crippen LogP contribution is -2.43. The molecule has 0 aromatic heterocycles. The van der Waals surface area contributed by atoms with Gasteiger partial charge in [0.05, 0.1) is 13.2 Å². The number of nitrogens with zero attached hydrogens (tertiary/aromatic N) is 3. The molecule has 1 N–H and O–H groups in total. The summed E-state index contributed by atoms with van der Waals surface area (Å²) in [5.74, 6) is 1.17. The van der Waals surface area contributed by atoms with Crippen LogP contribution in [-0.2, 0) is 11.3 Å². The molecule has 0 spiro atoms. The molecule has 29 heavy (non-hydrogen) atoms. The second-order valence-electron chi connectivity index (χ2n) is 9.18. The summed E-state index contributed by atoms with van der Waals surface area (Å²) < 4.78 is 5.54. The molecule has 0 aliphatic carbocycles. The molecule has 0 radical (unpaired) electrons. The van der Waals surface area contributed by atoms with Crippen LogP contribution in [0.2, 0.25) is 5.02 Å². The summed E-state index contributed by atoms with van der Waals surface area (Å²) in [6.45, 7) is 12.2. The average Bonchev–Trinajstić information content (AvgIpc) is 3.21. The second-order valence-corrected chi connectivity index (χ2v) is 9.59. The first-order chi connectivity index (χ1) is 13.8. The van der Waals surface area contributed by atoms with Crippen LogP contribution < -0.4 is 4.90 Å². The Morgan fingerprint density at radius 1 is 1.31 bits per heavy atom. The van der Waals surface area contributed by atoms with Crippen molar-refractivity contribution in [2.45, 2.75) is 39.4 Å². The van der Waals surface area contributed by atoms with E-state index in [1.807, 2.05) is 0 Å². The lowest BCUT2D eigenvalue weighted by molar-refractivity contribution is 0.0989. The number of fused-ring (bicyclic) bond motifs is 1. The first-order valence-corrected chi connectivity index (χ1v) is 11.1. The predicted molar refractivity (Wildman–Crippen MR) is 115 cm³/mol. The fourth-order valence-corrected chi connectivity index (χ4v) is 5.79. The van der Waals surface area contributed by atoms with Gasteiger partial charge in [-0.05, 0) is 42.4 Å². The largest absolute Gasteiger partial charge is 0.465 e.